The summed E-state index contributed by atoms with van der Waals surface area (Å²) in [6.45, 7) is 10.2. The van der Waals surface area contributed by atoms with Crippen LogP contribution in [-0.4, -0.2) is 71.7 Å². The van der Waals surface area contributed by atoms with Crippen LogP contribution in [0.25, 0.3) is 0 Å². The largest absolute Gasteiger partial charge is 0.466 e. The number of ether oxygens (including phenoxy) is 2. The van der Waals surface area contributed by atoms with E-state index in [1.807, 2.05) is 27.7 Å². The van der Waals surface area contributed by atoms with Gasteiger partial charge in [0.05, 0.1) is 32.0 Å². The lowest BCUT2D eigenvalue weighted by Gasteiger charge is -2.45. The molecule has 2 fully saturated rings. The summed E-state index contributed by atoms with van der Waals surface area (Å²) in [6, 6.07) is 0. The molecule has 0 radical (unpaired) electrons. The standard InChI is InChI=1S/C18H29N3O5/c1-5-24-15(22)13-7-6-8-20(10-13)14-9-18(26-19-14)11-21(12-18)16(23)25-17(2,3)4/h13H,5-12H2,1-4H3. The van der Waals surface area contributed by atoms with Crippen LogP contribution in [0.1, 0.15) is 47.0 Å². The van der Waals surface area contributed by atoms with Crippen molar-refractivity contribution in [2.75, 3.05) is 32.8 Å². The number of piperidine rings is 1. The Hall–Kier alpha value is -1.99. The van der Waals surface area contributed by atoms with E-state index in [0.29, 0.717) is 32.7 Å². The summed E-state index contributed by atoms with van der Waals surface area (Å²) in [5, 5.41) is 4.25. The van der Waals surface area contributed by atoms with Crippen LogP contribution in [0.2, 0.25) is 0 Å². The maximum atomic E-state index is 12.1. The van der Waals surface area contributed by atoms with Gasteiger partial charge in [0.25, 0.3) is 0 Å². The van der Waals surface area contributed by atoms with Gasteiger partial charge in [-0.25, -0.2) is 4.79 Å². The van der Waals surface area contributed by atoms with E-state index < -0.39 is 11.2 Å². The molecule has 2 saturated heterocycles. The fourth-order valence-electron chi connectivity index (χ4n) is 3.61. The summed E-state index contributed by atoms with van der Waals surface area (Å²) in [4.78, 5) is 33.5. The molecule has 0 aliphatic carbocycles. The van der Waals surface area contributed by atoms with E-state index in [-0.39, 0.29) is 18.0 Å². The van der Waals surface area contributed by atoms with Gasteiger partial charge in [-0.05, 0) is 40.5 Å². The summed E-state index contributed by atoms with van der Waals surface area (Å²) in [7, 11) is 0. The SMILES string of the molecule is CCOC(=O)C1CCCN(C2=NOC3(C2)CN(C(=O)OC(C)(C)C)C3)C1. The van der Waals surface area contributed by atoms with Gasteiger partial charge in [-0.15, -0.1) is 0 Å². The molecular formula is C18H29N3O5. The fourth-order valence-corrected chi connectivity index (χ4v) is 3.61. The molecule has 3 aliphatic heterocycles. The van der Waals surface area contributed by atoms with E-state index >= 15 is 0 Å². The highest BCUT2D eigenvalue weighted by Crippen LogP contribution is 2.36. The van der Waals surface area contributed by atoms with Crippen molar-refractivity contribution in [3.63, 3.8) is 0 Å². The van der Waals surface area contributed by atoms with Crippen molar-refractivity contribution in [2.24, 2.45) is 11.1 Å². The number of nitrogens with zero attached hydrogens (tertiary/aromatic N) is 3. The molecule has 1 spiro atoms. The summed E-state index contributed by atoms with van der Waals surface area (Å²) in [5.74, 6) is 0.622. The Kier molecular flexibility index (Phi) is 5.03. The van der Waals surface area contributed by atoms with E-state index in [0.717, 1.165) is 25.2 Å². The van der Waals surface area contributed by atoms with Crippen LogP contribution in [0.4, 0.5) is 4.79 Å². The predicted octanol–water partition coefficient (Wildman–Crippen LogP) is 1.98. The number of hydrogen-bond donors (Lipinski definition) is 0. The lowest BCUT2D eigenvalue weighted by molar-refractivity contribution is -0.149. The topological polar surface area (TPSA) is 80.7 Å². The number of esters is 1. The Morgan fingerprint density at radius 1 is 1.35 bits per heavy atom. The van der Waals surface area contributed by atoms with Crippen molar-refractivity contribution in [3.05, 3.63) is 0 Å². The molecule has 0 saturated carbocycles. The first kappa shape index (κ1) is 18.8. The number of amidine groups is 1. The molecule has 1 amide bonds. The van der Waals surface area contributed by atoms with Crippen molar-refractivity contribution in [1.82, 2.24) is 9.80 Å². The Labute approximate surface area is 154 Å². The smallest absolute Gasteiger partial charge is 0.410 e. The van der Waals surface area contributed by atoms with Gasteiger partial charge < -0.3 is 19.2 Å². The lowest BCUT2D eigenvalue weighted by Crippen LogP contribution is -2.64. The van der Waals surface area contributed by atoms with Crippen LogP contribution in [-0.2, 0) is 19.1 Å². The van der Waals surface area contributed by atoms with Crippen molar-refractivity contribution >= 4 is 17.9 Å². The van der Waals surface area contributed by atoms with Crippen LogP contribution in [0, 0.1) is 5.92 Å². The first-order valence-corrected chi connectivity index (χ1v) is 9.36. The molecule has 0 N–H and O–H groups in total. The number of carbonyl (C=O) groups is 2. The third-order valence-corrected chi connectivity index (χ3v) is 4.84. The molecule has 0 aromatic carbocycles. The minimum atomic E-state index is -0.506. The third kappa shape index (κ3) is 4.04. The van der Waals surface area contributed by atoms with Gasteiger partial charge in [-0.3, -0.25) is 9.69 Å². The monoisotopic (exact) mass is 367 g/mol. The second kappa shape index (κ2) is 6.96. The van der Waals surface area contributed by atoms with Gasteiger partial charge in [0.2, 0.25) is 0 Å². The highest BCUT2D eigenvalue weighted by atomic mass is 16.7. The van der Waals surface area contributed by atoms with Gasteiger partial charge in [-0.2, -0.15) is 0 Å². The fraction of sp³-hybridized carbons (Fsp3) is 0.833. The Morgan fingerprint density at radius 3 is 2.73 bits per heavy atom. The second-order valence-corrected chi connectivity index (χ2v) is 8.33. The molecule has 8 nitrogen and oxygen atoms in total. The van der Waals surface area contributed by atoms with Gasteiger partial charge >= 0.3 is 12.1 Å². The number of likely N-dealkylation sites (tertiary alicyclic amines) is 2. The highest BCUT2D eigenvalue weighted by Gasteiger charge is 2.53. The van der Waals surface area contributed by atoms with Crippen molar-refractivity contribution in [3.8, 4) is 0 Å². The molecule has 8 heteroatoms. The zero-order chi connectivity index (χ0) is 18.9. The molecular weight excluding hydrogens is 338 g/mol. The first-order chi connectivity index (χ1) is 12.2. The van der Waals surface area contributed by atoms with Crippen LogP contribution >= 0.6 is 0 Å². The molecule has 1 atom stereocenters. The summed E-state index contributed by atoms with van der Waals surface area (Å²) < 4.78 is 10.5. The van der Waals surface area contributed by atoms with Crippen LogP contribution in [0.5, 0.6) is 0 Å². The Bertz CT molecular complexity index is 592. The number of carbonyl (C=O) groups excluding carboxylic acids is 2. The first-order valence-electron chi connectivity index (χ1n) is 9.36. The van der Waals surface area contributed by atoms with Crippen LogP contribution in [0.15, 0.2) is 5.16 Å². The molecule has 0 aromatic rings. The normalized spacial score (nSPS) is 24.6. The molecule has 3 rings (SSSR count). The molecule has 1 unspecified atom stereocenters. The third-order valence-electron chi connectivity index (χ3n) is 4.84. The summed E-state index contributed by atoms with van der Waals surface area (Å²) in [5.41, 5.74) is -0.947. The van der Waals surface area contributed by atoms with E-state index in [1.165, 1.54) is 0 Å². The molecule has 0 aromatic heterocycles. The zero-order valence-electron chi connectivity index (χ0n) is 16.1. The molecule has 0 bridgehead atoms. The zero-order valence-corrected chi connectivity index (χ0v) is 16.1. The lowest BCUT2D eigenvalue weighted by atomic mass is 9.89. The average Bonchev–Trinajstić information content (AvgIpc) is 2.98. The summed E-state index contributed by atoms with van der Waals surface area (Å²) in [6.07, 6.45) is 2.11. The second-order valence-electron chi connectivity index (χ2n) is 8.33. The number of amides is 1. The number of hydrogen-bond acceptors (Lipinski definition) is 7. The number of oxime groups is 1. The highest BCUT2D eigenvalue weighted by molar-refractivity contribution is 5.85. The van der Waals surface area contributed by atoms with Crippen molar-refractivity contribution in [2.45, 2.75) is 58.2 Å². The molecule has 3 aliphatic rings. The molecule has 3 heterocycles. The van der Waals surface area contributed by atoms with E-state index in [2.05, 4.69) is 10.1 Å². The molecule has 146 valence electrons. The maximum absolute atomic E-state index is 12.1. The van der Waals surface area contributed by atoms with E-state index in [1.54, 1.807) is 4.90 Å². The van der Waals surface area contributed by atoms with E-state index in [4.69, 9.17) is 14.3 Å². The van der Waals surface area contributed by atoms with Gasteiger partial charge in [0, 0.05) is 13.1 Å². The minimum Gasteiger partial charge on any atom is -0.466 e. The quantitative estimate of drug-likeness (QED) is 0.695. The summed E-state index contributed by atoms with van der Waals surface area (Å²) >= 11 is 0. The maximum Gasteiger partial charge on any atom is 0.410 e. The average molecular weight is 367 g/mol. The Balaban J connectivity index is 1.50. The molecule has 26 heavy (non-hydrogen) atoms. The van der Waals surface area contributed by atoms with Crippen molar-refractivity contribution in [1.29, 1.82) is 0 Å². The predicted molar refractivity (Wildman–Crippen MR) is 94.6 cm³/mol. The number of rotatable bonds is 2. The van der Waals surface area contributed by atoms with Gasteiger partial charge in [0.15, 0.2) is 5.60 Å². The minimum absolute atomic E-state index is 0.109. The van der Waals surface area contributed by atoms with Crippen LogP contribution in [0.3, 0.4) is 0 Å². The van der Waals surface area contributed by atoms with Crippen LogP contribution < -0.4 is 0 Å². The Morgan fingerprint density at radius 2 is 2.08 bits per heavy atom. The van der Waals surface area contributed by atoms with Gasteiger partial charge in [0.1, 0.15) is 11.4 Å². The van der Waals surface area contributed by atoms with Crippen molar-refractivity contribution < 1.29 is 23.9 Å². The van der Waals surface area contributed by atoms with Gasteiger partial charge in [-0.1, -0.05) is 5.16 Å². The van der Waals surface area contributed by atoms with E-state index in [9.17, 15) is 9.59 Å².